The van der Waals surface area contributed by atoms with E-state index in [0.29, 0.717) is 5.15 Å². The van der Waals surface area contributed by atoms with Gasteiger partial charge in [-0.1, -0.05) is 18.5 Å². The van der Waals surface area contributed by atoms with Crippen LogP contribution in [0.4, 0.5) is 0 Å². The normalized spacial score (nSPS) is 22.1. The molecule has 2 rings (SSSR count). The smallest absolute Gasteiger partial charge is 0.151 e. The quantitative estimate of drug-likeness (QED) is 0.788. The summed E-state index contributed by atoms with van der Waals surface area (Å²) in [7, 11) is 0. The maximum Gasteiger partial charge on any atom is 0.151 e. The van der Waals surface area contributed by atoms with Crippen LogP contribution in [0.25, 0.3) is 0 Å². The van der Waals surface area contributed by atoms with E-state index in [1.54, 1.807) is 0 Å². The van der Waals surface area contributed by atoms with Crippen molar-refractivity contribution >= 4 is 11.6 Å². The summed E-state index contributed by atoms with van der Waals surface area (Å²) in [6.45, 7) is 5.79. The molecule has 0 spiro atoms. The number of hydrogen-bond donors (Lipinski definition) is 0. The Hall–Kier alpha value is -0.670. The van der Waals surface area contributed by atoms with Crippen molar-refractivity contribution in [2.45, 2.75) is 19.8 Å². The van der Waals surface area contributed by atoms with Gasteiger partial charge in [0.1, 0.15) is 0 Å². The van der Waals surface area contributed by atoms with Crippen LogP contribution in [0.15, 0.2) is 12.1 Å². The van der Waals surface area contributed by atoms with Crippen molar-refractivity contribution in [3.05, 3.63) is 23.0 Å². The van der Waals surface area contributed by atoms with Gasteiger partial charge in [0.15, 0.2) is 5.15 Å². The minimum atomic E-state index is 0.473. The Bertz CT molecular complexity index is 312. The van der Waals surface area contributed by atoms with E-state index in [9.17, 15) is 0 Å². The van der Waals surface area contributed by atoms with Gasteiger partial charge in [0, 0.05) is 6.54 Å². The third-order valence-corrected chi connectivity index (χ3v) is 3.20. The molecule has 1 aliphatic heterocycles. The molecule has 0 bridgehead atoms. The van der Waals surface area contributed by atoms with Crippen LogP contribution in [-0.2, 0) is 6.42 Å². The molecule has 2 heterocycles. The van der Waals surface area contributed by atoms with Crippen molar-refractivity contribution in [1.29, 1.82) is 0 Å². The van der Waals surface area contributed by atoms with E-state index in [-0.39, 0.29) is 0 Å². The first-order valence-corrected chi connectivity index (χ1v) is 5.86. The zero-order valence-corrected chi connectivity index (χ0v) is 9.74. The summed E-state index contributed by atoms with van der Waals surface area (Å²) in [5.41, 5.74) is 1.06. The van der Waals surface area contributed by atoms with Gasteiger partial charge >= 0.3 is 0 Å². The van der Waals surface area contributed by atoms with Gasteiger partial charge in [0.2, 0.25) is 0 Å². The molecule has 1 aromatic rings. The van der Waals surface area contributed by atoms with Gasteiger partial charge in [-0.25, -0.2) is 0 Å². The van der Waals surface area contributed by atoms with Gasteiger partial charge in [0.25, 0.3) is 0 Å². The van der Waals surface area contributed by atoms with E-state index in [2.05, 4.69) is 22.0 Å². The fourth-order valence-corrected chi connectivity index (χ4v) is 2.22. The van der Waals surface area contributed by atoms with Crippen LogP contribution in [-0.4, -0.2) is 34.7 Å². The lowest BCUT2D eigenvalue weighted by Gasteiger charge is -2.12. The Labute approximate surface area is 95.5 Å². The molecule has 3 nitrogen and oxygen atoms in total. The summed E-state index contributed by atoms with van der Waals surface area (Å²) in [4.78, 5) is 2.48. The predicted molar refractivity (Wildman–Crippen MR) is 61.0 cm³/mol. The van der Waals surface area contributed by atoms with Crippen LogP contribution in [0.1, 0.15) is 19.0 Å². The Balaban J connectivity index is 1.90. The summed E-state index contributed by atoms with van der Waals surface area (Å²) >= 11 is 5.69. The highest BCUT2D eigenvalue weighted by Crippen LogP contribution is 2.19. The van der Waals surface area contributed by atoms with E-state index >= 15 is 0 Å². The number of nitrogens with zero attached hydrogens (tertiary/aromatic N) is 3. The van der Waals surface area contributed by atoms with Crippen LogP contribution in [0.3, 0.4) is 0 Å². The lowest BCUT2D eigenvalue weighted by atomic mass is 10.0. The lowest BCUT2D eigenvalue weighted by molar-refractivity contribution is 0.341. The number of halogens is 1. The summed E-state index contributed by atoms with van der Waals surface area (Å²) in [6, 6.07) is 3.79. The number of likely N-dealkylation sites (tertiary alicyclic amines) is 1. The minimum Gasteiger partial charge on any atom is -0.303 e. The van der Waals surface area contributed by atoms with Crippen molar-refractivity contribution in [3.8, 4) is 0 Å². The van der Waals surface area contributed by atoms with E-state index in [4.69, 9.17) is 11.6 Å². The molecule has 1 aliphatic rings. The molecule has 1 aromatic heterocycles. The molecule has 0 aromatic carbocycles. The molecule has 1 saturated heterocycles. The van der Waals surface area contributed by atoms with E-state index < -0.39 is 0 Å². The fourth-order valence-electron chi connectivity index (χ4n) is 2.11. The Morgan fingerprint density at radius 1 is 1.47 bits per heavy atom. The third kappa shape index (κ3) is 2.89. The second kappa shape index (κ2) is 4.90. The highest BCUT2D eigenvalue weighted by molar-refractivity contribution is 6.29. The Morgan fingerprint density at radius 2 is 2.33 bits per heavy atom. The van der Waals surface area contributed by atoms with Crippen molar-refractivity contribution in [3.63, 3.8) is 0 Å². The molecule has 15 heavy (non-hydrogen) atoms. The fraction of sp³-hybridized carbons (Fsp3) is 0.636. The van der Waals surface area contributed by atoms with Gasteiger partial charge < -0.3 is 4.90 Å². The summed E-state index contributed by atoms with van der Waals surface area (Å²) in [6.07, 6.45) is 2.30. The van der Waals surface area contributed by atoms with Crippen LogP contribution in [0, 0.1) is 5.92 Å². The third-order valence-electron chi connectivity index (χ3n) is 3.00. The Kier molecular flexibility index (Phi) is 3.54. The second-order valence-corrected chi connectivity index (χ2v) is 4.49. The summed E-state index contributed by atoms with van der Waals surface area (Å²) < 4.78 is 0. The topological polar surface area (TPSA) is 29.0 Å². The van der Waals surface area contributed by atoms with Gasteiger partial charge in [-0.3, -0.25) is 0 Å². The molecule has 0 N–H and O–H groups in total. The largest absolute Gasteiger partial charge is 0.303 e. The maximum absolute atomic E-state index is 5.69. The number of hydrogen-bond acceptors (Lipinski definition) is 3. The highest BCUT2D eigenvalue weighted by atomic mass is 35.5. The van der Waals surface area contributed by atoms with Gasteiger partial charge in [-0.2, -0.15) is 5.10 Å². The number of rotatable bonds is 3. The first kappa shape index (κ1) is 10.8. The maximum atomic E-state index is 5.69. The van der Waals surface area contributed by atoms with Crippen LogP contribution >= 0.6 is 11.6 Å². The van der Waals surface area contributed by atoms with Gasteiger partial charge in [-0.05, 0) is 44.0 Å². The predicted octanol–water partition coefficient (Wildman–Crippen LogP) is 2.01. The van der Waals surface area contributed by atoms with E-state index in [1.165, 1.54) is 19.5 Å². The molecule has 0 saturated carbocycles. The van der Waals surface area contributed by atoms with Crippen molar-refractivity contribution < 1.29 is 0 Å². The monoisotopic (exact) mass is 225 g/mol. The molecule has 0 radical (unpaired) electrons. The van der Waals surface area contributed by atoms with E-state index in [0.717, 1.165) is 24.6 Å². The van der Waals surface area contributed by atoms with Crippen molar-refractivity contribution in [2.75, 3.05) is 19.6 Å². The molecule has 0 aliphatic carbocycles. The molecular weight excluding hydrogens is 210 g/mol. The zero-order chi connectivity index (χ0) is 10.7. The standard InChI is InChI=1S/C11H16ClN3/c1-2-15-6-5-9(8-15)7-10-3-4-11(12)14-13-10/h3-4,9H,2,5-8H2,1H3. The van der Waals surface area contributed by atoms with Crippen LogP contribution in [0.5, 0.6) is 0 Å². The molecular formula is C11H16ClN3. The first-order chi connectivity index (χ1) is 7.28. The summed E-state index contributed by atoms with van der Waals surface area (Å²) in [5.74, 6) is 0.737. The molecule has 1 atom stereocenters. The van der Waals surface area contributed by atoms with E-state index in [1.807, 2.05) is 12.1 Å². The van der Waals surface area contributed by atoms with Gasteiger partial charge in [0.05, 0.1) is 5.69 Å². The number of aromatic nitrogens is 2. The molecule has 0 amide bonds. The summed E-state index contributed by atoms with van der Waals surface area (Å²) in [5, 5.41) is 8.43. The van der Waals surface area contributed by atoms with Crippen molar-refractivity contribution in [2.24, 2.45) is 5.92 Å². The molecule has 1 fully saturated rings. The Morgan fingerprint density at radius 3 is 2.93 bits per heavy atom. The lowest BCUT2D eigenvalue weighted by Crippen LogP contribution is -2.20. The first-order valence-electron chi connectivity index (χ1n) is 5.48. The average molecular weight is 226 g/mol. The van der Waals surface area contributed by atoms with Crippen LogP contribution in [0.2, 0.25) is 5.15 Å². The zero-order valence-electron chi connectivity index (χ0n) is 8.99. The highest BCUT2D eigenvalue weighted by Gasteiger charge is 2.21. The second-order valence-electron chi connectivity index (χ2n) is 4.10. The van der Waals surface area contributed by atoms with Gasteiger partial charge in [-0.15, -0.1) is 5.10 Å². The van der Waals surface area contributed by atoms with Crippen molar-refractivity contribution in [1.82, 2.24) is 15.1 Å². The van der Waals surface area contributed by atoms with Crippen LogP contribution < -0.4 is 0 Å². The molecule has 1 unspecified atom stereocenters. The SMILES string of the molecule is CCN1CCC(Cc2ccc(Cl)nn2)C1. The molecule has 82 valence electrons. The minimum absolute atomic E-state index is 0.473. The molecule has 4 heteroatoms. The average Bonchev–Trinajstić information content (AvgIpc) is 2.69.